The Morgan fingerprint density at radius 1 is 1.37 bits per heavy atom. The Bertz CT molecular complexity index is 840. The van der Waals surface area contributed by atoms with Crippen molar-refractivity contribution in [3.8, 4) is 0 Å². The summed E-state index contributed by atoms with van der Waals surface area (Å²) < 4.78 is 13.3. The molecule has 1 aromatic carbocycles. The Kier molecular flexibility index (Phi) is 7.00. The first-order valence-electron chi connectivity index (χ1n) is 8.25. The third-order valence-corrected chi connectivity index (χ3v) is 4.68. The van der Waals surface area contributed by atoms with Gasteiger partial charge in [0.05, 0.1) is 5.01 Å². The molecule has 1 heterocycles. The predicted octanol–water partition coefficient (Wildman–Crippen LogP) is 1.92. The van der Waals surface area contributed by atoms with Gasteiger partial charge in [0.25, 0.3) is 5.91 Å². The van der Waals surface area contributed by atoms with Crippen LogP contribution < -0.4 is 5.32 Å². The molecule has 1 aromatic heterocycles. The molecule has 27 heavy (non-hydrogen) atoms. The summed E-state index contributed by atoms with van der Waals surface area (Å²) in [6.45, 7) is 2.92. The average molecular weight is 393 g/mol. The number of thiazole rings is 1. The normalized spacial score (nSPS) is 11.7. The summed E-state index contributed by atoms with van der Waals surface area (Å²) in [6.07, 6.45) is 0.371. The molecule has 0 aliphatic rings. The first-order chi connectivity index (χ1) is 12.8. The maximum absolute atomic E-state index is 13.3. The molecule has 2 aromatic rings. The molecule has 1 atom stereocenters. The SMILES string of the molecule is CC(=O)NCCN(C(=O)c1csc(Cc2cccc(F)c2)n1)C(C)C(=O)O. The highest BCUT2D eigenvalue weighted by Crippen LogP contribution is 2.17. The summed E-state index contributed by atoms with van der Waals surface area (Å²) in [5.74, 6) is -2.30. The van der Waals surface area contributed by atoms with Gasteiger partial charge in [0.15, 0.2) is 0 Å². The monoisotopic (exact) mass is 393 g/mol. The highest BCUT2D eigenvalue weighted by molar-refractivity contribution is 7.09. The van der Waals surface area contributed by atoms with E-state index in [1.807, 2.05) is 0 Å². The number of aliphatic carboxylic acids is 1. The average Bonchev–Trinajstić information content (AvgIpc) is 3.06. The van der Waals surface area contributed by atoms with Gasteiger partial charge in [-0.25, -0.2) is 14.2 Å². The van der Waals surface area contributed by atoms with E-state index in [1.165, 1.54) is 37.3 Å². The van der Waals surface area contributed by atoms with E-state index in [-0.39, 0.29) is 30.5 Å². The molecular weight excluding hydrogens is 373 g/mol. The van der Waals surface area contributed by atoms with Crippen LogP contribution in [0.5, 0.6) is 0 Å². The number of nitrogens with zero attached hydrogens (tertiary/aromatic N) is 2. The van der Waals surface area contributed by atoms with E-state index in [1.54, 1.807) is 17.5 Å². The van der Waals surface area contributed by atoms with Crippen molar-refractivity contribution in [2.45, 2.75) is 26.3 Å². The molecule has 7 nitrogen and oxygen atoms in total. The van der Waals surface area contributed by atoms with Gasteiger partial charge in [0, 0.05) is 31.8 Å². The molecule has 1 unspecified atom stereocenters. The number of benzene rings is 1. The number of carbonyl (C=O) groups excluding carboxylic acids is 2. The second kappa shape index (κ2) is 9.22. The quantitative estimate of drug-likeness (QED) is 0.714. The minimum Gasteiger partial charge on any atom is -0.480 e. The lowest BCUT2D eigenvalue weighted by atomic mass is 10.1. The van der Waals surface area contributed by atoms with Gasteiger partial charge in [-0.2, -0.15) is 0 Å². The van der Waals surface area contributed by atoms with E-state index in [0.717, 1.165) is 10.5 Å². The Labute approximate surface area is 159 Å². The second-order valence-electron chi connectivity index (χ2n) is 5.93. The summed E-state index contributed by atoms with van der Waals surface area (Å²) >= 11 is 1.25. The number of nitrogens with one attached hydrogen (secondary N) is 1. The smallest absolute Gasteiger partial charge is 0.326 e. The van der Waals surface area contributed by atoms with Crippen LogP contribution in [-0.2, 0) is 16.0 Å². The fourth-order valence-corrected chi connectivity index (χ4v) is 3.22. The zero-order chi connectivity index (χ0) is 20.0. The summed E-state index contributed by atoms with van der Waals surface area (Å²) in [5.41, 5.74) is 0.854. The van der Waals surface area contributed by atoms with Crippen molar-refractivity contribution >= 4 is 29.1 Å². The van der Waals surface area contributed by atoms with Crippen molar-refractivity contribution in [1.82, 2.24) is 15.2 Å². The van der Waals surface area contributed by atoms with Crippen LogP contribution in [0, 0.1) is 5.82 Å². The molecule has 0 bridgehead atoms. The van der Waals surface area contributed by atoms with Gasteiger partial charge in [-0.05, 0) is 24.6 Å². The maximum Gasteiger partial charge on any atom is 0.326 e. The van der Waals surface area contributed by atoms with E-state index in [2.05, 4.69) is 10.3 Å². The molecule has 2 amide bonds. The van der Waals surface area contributed by atoms with E-state index >= 15 is 0 Å². The van der Waals surface area contributed by atoms with Crippen molar-refractivity contribution in [3.05, 3.63) is 51.7 Å². The van der Waals surface area contributed by atoms with Crippen LogP contribution in [0.1, 0.15) is 34.9 Å². The minimum atomic E-state index is -1.15. The van der Waals surface area contributed by atoms with Crippen LogP contribution in [0.15, 0.2) is 29.6 Å². The minimum absolute atomic E-state index is 0.0443. The van der Waals surface area contributed by atoms with Gasteiger partial charge in [0.1, 0.15) is 17.6 Å². The Balaban J connectivity index is 2.13. The van der Waals surface area contributed by atoms with Crippen LogP contribution in [0.3, 0.4) is 0 Å². The number of amides is 2. The highest BCUT2D eigenvalue weighted by atomic mass is 32.1. The first-order valence-corrected chi connectivity index (χ1v) is 9.13. The topological polar surface area (TPSA) is 99.6 Å². The van der Waals surface area contributed by atoms with Crippen molar-refractivity contribution in [1.29, 1.82) is 0 Å². The molecular formula is C18H20FN3O4S. The molecule has 2 rings (SSSR count). The van der Waals surface area contributed by atoms with Crippen LogP contribution in [0.4, 0.5) is 4.39 Å². The zero-order valence-electron chi connectivity index (χ0n) is 14.9. The molecule has 9 heteroatoms. The summed E-state index contributed by atoms with van der Waals surface area (Å²) in [4.78, 5) is 40.5. The molecule has 0 spiro atoms. The van der Waals surface area contributed by atoms with Gasteiger partial charge < -0.3 is 15.3 Å². The van der Waals surface area contributed by atoms with Crippen LogP contribution >= 0.6 is 11.3 Å². The third-order valence-electron chi connectivity index (χ3n) is 3.83. The van der Waals surface area contributed by atoms with Crippen LogP contribution in [-0.4, -0.2) is 51.9 Å². The molecule has 0 saturated carbocycles. The van der Waals surface area contributed by atoms with Gasteiger partial charge in [-0.15, -0.1) is 11.3 Å². The fraction of sp³-hybridized carbons (Fsp3) is 0.333. The molecule has 0 fully saturated rings. The Morgan fingerprint density at radius 2 is 2.11 bits per heavy atom. The summed E-state index contributed by atoms with van der Waals surface area (Å²) in [5, 5.41) is 14.0. The Hall–Kier alpha value is -2.81. The van der Waals surface area contributed by atoms with E-state index in [4.69, 9.17) is 0 Å². The predicted molar refractivity (Wildman–Crippen MR) is 98.1 cm³/mol. The number of rotatable bonds is 8. The molecule has 0 saturated heterocycles. The second-order valence-corrected chi connectivity index (χ2v) is 6.87. The van der Waals surface area contributed by atoms with Gasteiger partial charge in [0.2, 0.25) is 5.91 Å². The molecule has 2 N–H and O–H groups in total. The molecule has 0 aliphatic carbocycles. The van der Waals surface area contributed by atoms with Crippen molar-refractivity contribution in [2.75, 3.05) is 13.1 Å². The van der Waals surface area contributed by atoms with E-state index in [9.17, 15) is 23.9 Å². The molecule has 0 radical (unpaired) electrons. The lowest BCUT2D eigenvalue weighted by Crippen LogP contribution is -2.46. The number of carbonyl (C=O) groups is 3. The van der Waals surface area contributed by atoms with E-state index < -0.39 is 17.9 Å². The van der Waals surface area contributed by atoms with Gasteiger partial charge in [-0.1, -0.05) is 12.1 Å². The Morgan fingerprint density at radius 3 is 2.74 bits per heavy atom. The van der Waals surface area contributed by atoms with E-state index in [0.29, 0.717) is 11.4 Å². The number of hydrogen-bond acceptors (Lipinski definition) is 5. The summed E-state index contributed by atoms with van der Waals surface area (Å²) in [6, 6.07) is 5.04. The van der Waals surface area contributed by atoms with Crippen LogP contribution in [0.25, 0.3) is 0 Å². The fourth-order valence-electron chi connectivity index (χ4n) is 2.42. The van der Waals surface area contributed by atoms with Crippen molar-refractivity contribution in [2.24, 2.45) is 0 Å². The standard InChI is InChI=1S/C18H20FN3O4S/c1-11(18(25)26)22(7-6-20-12(2)23)17(24)15-10-27-16(21-15)9-13-4-3-5-14(19)8-13/h3-5,8,10-11H,6-7,9H2,1-2H3,(H,20,23)(H,25,26). The molecule has 144 valence electrons. The van der Waals surface area contributed by atoms with Crippen molar-refractivity contribution in [3.63, 3.8) is 0 Å². The zero-order valence-corrected chi connectivity index (χ0v) is 15.8. The number of aromatic nitrogens is 1. The van der Waals surface area contributed by atoms with Crippen LogP contribution in [0.2, 0.25) is 0 Å². The highest BCUT2D eigenvalue weighted by Gasteiger charge is 2.27. The number of carboxylic acid groups (broad SMARTS) is 1. The summed E-state index contributed by atoms with van der Waals surface area (Å²) in [7, 11) is 0. The third kappa shape index (κ3) is 5.85. The largest absolute Gasteiger partial charge is 0.480 e. The lowest BCUT2D eigenvalue weighted by Gasteiger charge is -2.25. The number of hydrogen-bond donors (Lipinski definition) is 2. The maximum atomic E-state index is 13.3. The number of carboxylic acids is 1. The lowest BCUT2D eigenvalue weighted by molar-refractivity contribution is -0.141. The number of halogens is 1. The van der Waals surface area contributed by atoms with Crippen molar-refractivity contribution < 1.29 is 23.9 Å². The first kappa shape index (κ1) is 20.5. The van der Waals surface area contributed by atoms with Gasteiger partial charge in [-0.3, -0.25) is 9.59 Å². The molecule has 0 aliphatic heterocycles. The van der Waals surface area contributed by atoms with Gasteiger partial charge >= 0.3 is 5.97 Å².